The molecule has 10 heteroatoms. The molecule has 1 N–H and O–H groups in total. The summed E-state index contributed by atoms with van der Waals surface area (Å²) in [6.07, 6.45) is -2.83. The van der Waals surface area contributed by atoms with Gasteiger partial charge < -0.3 is 5.32 Å². The van der Waals surface area contributed by atoms with Gasteiger partial charge in [-0.1, -0.05) is 11.6 Å². The van der Waals surface area contributed by atoms with Crippen molar-refractivity contribution in [3.63, 3.8) is 0 Å². The fourth-order valence-corrected chi connectivity index (χ4v) is 2.55. The molecule has 0 aliphatic rings. The molecule has 0 aliphatic carbocycles. The second-order valence-electron chi connectivity index (χ2n) is 5.60. The highest BCUT2D eigenvalue weighted by Gasteiger charge is 2.38. The Labute approximate surface area is 147 Å². The van der Waals surface area contributed by atoms with Gasteiger partial charge >= 0.3 is 6.18 Å². The number of aromatic nitrogens is 4. The molecule has 2 aromatic rings. The number of hydrogen-bond donors (Lipinski definition) is 1. The molecule has 2 aromatic heterocycles. The van der Waals surface area contributed by atoms with Crippen LogP contribution < -0.4 is 5.32 Å². The lowest BCUT2D eigenvalue weighted by molar-refractivity contribution is -0.141. The molecular weight excluding hydrogens is 359 g/mol. The predicted octanol–water partition coefficient (Wildman–Crippen LogP) is 3.35. The second-order valence-corrected chi connectivity index (χ2v) is 5.98. The summed E-state index contributed by atoms with van der Waals surface area (Å²) in [4.78, 5) is 12.0. The minimum absolute atomic E-state index is 0.00356. The predicted molar refractivity (Wildman–Crippen MR) is 86.1 cm³/mol. The van der Waals surface area contributed by atoms with Crippen molar-refractivity contribution in [3.8, 4) is 0 Å². The number of alkyl halides is 3. The van der Waals surface area contributed by atoms with Crippen LogP contribution in [0.2, 0.25) is 5.02 Å². The average Bonchev–Trinajstić information content (AvgIpc) is 3.11. The molecule has 1 amide bonds. The molecule has 0 aliphatic heterocycles. The molecule has 138 valence electrons. The van der Waals surface area contributed by atoms with Crippen LogP contribution in [-0.4, -0.2) is 25.5 Å². The van der Waals surface area contributed by atoms with Crippen LogP contribution in [0, 0.1) is 6.92 Å². The van der Waals surface area contributed by atoms with Crippen molar-refractivity contribution < 1.29 is 18.0 Å². The Kier molecular flexibility index (Phi) is 5.76. The molecule has 25 heavy (non-hydrogen) atoms. The summed E-state index contributed by atoms with van der Waals surface area (Å²) < 4.78 is 41.2. The van der Waals surface area contributed by atoms with Crippen LogP contribution >= 0.6 is 11.6 Å². The number of carbonyl (C=O) groups is 1. The normalized spacial score (nSPS) is 13.1. The summed E-state index contributed by atoms with van der Waals surface area (Å²) >= 11 is 5.68. The highest BCUT2D eigenvalue weighted by atomic mass is 35.5. The Morgan fingerprint density at radius 3 is 2.60 bits per heavy atom. The third-order valence-electron chi connectivity index (χ3n) is 3.76. The van der Waals surface area contributed by atoms with Crippen LogP contribution in [0.4, 0.5) is 13.2 Å². The van der Waals surface area contributed by atoms with Gasteiger partial charge in [0.15, 0.2) is 5.69 Å². The number of halogens is 4. The fraction of sp³-hybridized carbons (Fsp3) is 0.533. The summed E-state index contributed by atoms with van der Waals surface area (Å²) in [5.41, 5.74) is -0.241. The van der Waals surface area contributed by atoms with Crippen LogP contribution in [0.15, 0.2) is 12.3 Å². The van der Waals surface area contributed by atoms with E-state index in [0.717, 1.165) is 11.2 Å². The molecule has 0 aromatic carbocycles. The molecule has 1 atom stereocenters. The van der Waals surface area contributed by atoms with E-state index in [0.29, 0.717) is 5.69 Å². The van der Waals surface area contributed by atoms with E-state index in [4.69, 9.17) is 11.6 Å². The van der Waals surface area contributed by atoms with E-state index in [9.17, 15) is 18.0 Å². The standard InChI is InChI=1S/C15H19ClF3N5O/c1-4-23-7-5-11(21-23)9(2)20-12(25)6-8-24-10(3)13(16)14(22-24)15(17,18)19/h5,7,9H,4,6,8H2,1-3H3,(H,20,25). The van der Waals surface area contributed by atoms with Gasteiger partial charge in [0.05, 0.1) is 29.0 Å². The van der Waals surface area contributed by atoms with Gasteiger partial charge in [0.2, 0.25) is 5.91 Å². The molecule has 0 fully saturated rings. The van der Waals surface area contributed by atoms with Crippen molar-refractivity contribution in [1.82, 2.24) is 24.9 Å². The number of rotatable bonds is 6. The van der Waals surface area contributed by atoms with Crippen LogP contribution in [0.5, 0.6) is 0 Å². The lowest BCUT2D eigenvalue weighted by Crippen LogP contribution is -2.28. The van der Waals surface area contributed by atoms with E-state index < -0.39 is 16.9 Å². The lowest BCUT2D eigenvalue weighted by atomic mass is 10.2. The largest absolute Gasteiger partial charge is 0.436 e. The summed E-state index contributed by atoms with van der Waals surface area (Å²) in [5, 5.41) is 10.1. The highest BCUT2D eigenvalue weighted by molar-refractivity contribution is 6.31. The molecule has 0 spiro atoms. The zero-order valence-electron chi connectivity index (χ0n) is 14.1. The van der Waals surface area contributed by atoms with Crippen molar-refractivity contribution in [2.24, 2.45) is 0 Å². The molecule has 0 saturated carbocycles. The van der Waals surface area contributed by atoms with E-state index in [2.05, 4.69) is 15.5 Å². The highest BCUT2D eigenvalue weighted by Crippen LogP contribution is 2.35. The molecule has 6 nitrogen and oxygen atoms in total. The van der Waals surface area contributed by atoms with E-state index in [-0.39, 0.29) is 30.6 Å². The molecule has 0 saturated heterocycles. The quantitative estimate of drug-likeness (QED) is 0.839. The van der Waals surface area contributed by atoms with Gasteiger partial charge in [-0.05, 0) is 26.8 Å². The number of hydrogen-bond acceptors (Lipinski definition) is 3. The molecular formula is C15H19ClF3N5O. The van der Waals surface area contributed by atoms with Crippen LogP contribution in [-0.2, 0) is 24.1 Å². The van der Waals surface area contributed by atoms with E-state index >= 15 is 0 Å². The van der Waals surface area contributed by atoms with Crippen molar-refractivity contribution in [1.29, 1.82) is 0 Å². The minimum Gasteiger partial charge on any atom is -0.348 e. The summed E-state index contributed by atoms with van der Waals surface area (Å²) in [6.45, 7) is 5.90. The first-order chi connectivity index (χ1) is 11.6. The van der Waals surface area contributed by atoms with Gasteiger partial charge in [-0.25, -0.2) is 0 Å². The number of nitrogens with zero attached hydrogens (tertiary/aromatic N) is 4. The van der Waals surface area contributed by atoms with E-state index in [1.54, 1.807) is 11.6 Å². The fourth-order valence-electron chi connectivity index (χ4n) is 2.30. The maximum atomic E-state index is 12.8. The van der Waals surface area contributed by atoms with Crippen molar-refractivity contribution in [2.45, 2.75) is 52.5 Å². The van der Waals surface area contributed by atoms with Gasteiger partial charge in [-0.3, -0.25) is 14.2 Å². The second kappa shape index (κ2) is 7.47. The smallest absolute Gasteiger partial charge is 0.348 e. The lowest BCUT2D eigenvalue weighted by Gasteiger charge is -2.12. The van der Waals surface area contributed by atoms with Crippen LogP contribution in [0.1, 0.15) is 43.4 Å². The first-order valence-corrected chi connectivity index (χ1v) is 8.14. The Bertz CT molecular complexity index is 753. The molecule has 1 unspecified atom stereocenters. The number of amides is 1. The molecule has 2 heterocycles. The number of aryl methyl sites for hydroxylation is 2. The van der Waals surface area contributed by atoms with Crippen molar-refractivity contribution >= 4 is 17.5 Å². The third kappa shape index (κ3) is 4.53. The van der Waals surface area contributed by atoms with Crippen LogP contribution in [0.25, 0.3) is 0 Å². The van der Waals surface area contributed by atoms with E-state index in [1.807, 2.05) is 19.2 Å². The third-order valence-corrected chi connectivity index (χ3v) is 4.21. The average molecular weight is 378 g/mol. The van der Waals surface area contributed by atoms with Gasteiger partial charge in [0.25, 0.3) is 0 Å². The van der Waals surface area contributed by atoms with Gasteiger partial charge in [0, 0.05) is 19.2 Å². The maximum Gasteiger partial charge on any atom is 0.436 e. The Morgan fingerprint density at radius 1 is 1.40 bits per heavy atom. The van der Waals surface area contributed by atoms with Crippen LogP contribution in [0.3, 0.4) is 0 Å². The van der Waals surface area contributed by atoms with Gasteiger partial charge in [-0.2, -0.15) is 23.4 Å². The Morgan fingerprint density at radius 2 is 2.08 bits per heavy atom. The summed E-state index contributed by atoms with van der Waals surface area (Å²) in [7, 11) is 0. The summed E-state index contributed by atoms with van der Waals surface area (Å²) in [5.74, 6) is -0.307. The summed E-state index contributed by atoms with van der Waals surface area (Å²) in [6, 6.07) is 1.51. The van der Waals surface area contributed by atoms with Gasteiger partial charge in [-0.15, -0.1) is 0 Å². The first kappa shape index (κ1) is 19.3. The monoisotopic (exact) mass is 377 g/mol. The number of carbonyl (C=O) groups excluding carboxylic acids is 1. The SMILES string of the molecule is CCn1ccc(C(C)NC(=O)CCn2nc(C(F)(F)F)c(Cl)c2C)n1. The van der Waals surface area contributed by atoms with Crippen molar-refractivity contribution in [2.75, 3.05) is 0 Å². The number of nitrogens with one attached hydrogen (secondary N) is 1. The topological polar surface area (TPSA) is 64.7 Å². The minimum atomic E-state index is -4.62. The zero-order valence-corrected chi connectivity index (χ0v) is 14.8. The first-order valence-electron chi connectivity index (χ1n) is 7.76. The molecule has 0 radical (unpaired) electrons. The Balaban J connectivity index is 1.96. The van der Waals surface area contributed by atoms with E-state index in [1.165, 1.54) is 6.92 Å². The van der Waals surface area contributed by atoms with Crippen molar-refractivity contribution in [3.05, 3.63) is 34.4 Å². The Hall–Kier alpha value is -2.03. The maximum absolute atomic E-state index is 12.8. The van der Waals surface area contributed by atoms with Gasteiger partial charge in [0.1, 0.15) is 0 Å². The molecule has 2 rings (SSSR count). The zero-order chi connectivity index (χ0) is 18.8. The molecule has 0 bridgehead atoms.